The van der Waals surface area contributed by atoms with Gasteiger partial charge >= 0.3 is 0 Å². The fourth-order valence-corrected chi connectivity index (χ4v) is 2.05. The van der Waals surface area contributed by atoms with Gasteiger partial charge in [-0.1, -0.05) is 29.3 Å². The summed E-state index contributed by atoms with van der Waals surface area (Å²) < 4.78 is 5.20. The summed E-state index contributed by atoms with van der Waals surface area (Å²) >= 11 is 5.93. The number of amides is 1. The average molecular weight is 332 g/mol. The minimum atomic E-state index is -0.247. The number of ether oxygens (including phenoxy) is 1. The van der Waals surface area contributed by atoms with Gasteiger partial charge in [0.05, 0.1) is 19.9 Å². The number of halogens is 1. The highest BCUT2D eigenvalue weighted by molar-refractivity contribution is 6.30. The smallest absolute Gasteiger partial charge is 0.259 e. The molecular formula is C17H18ClN3O2. The number of rotatable bonds is 6. The SMILES string of the molecule is COc1ccc(Cl)cc1/C=N/NC(=O)CNc1ccc(C)cc1. The van der Waals surface area contributed by atoms with Gasteiger partial charge in [-0.2, -0.15) is 5.10 Å². The van der Waals surface area contributed by atoms with Crippen LogP contribution in [0.5, 0.6) is 5.75 Å². The van der Waals surface area contributed by atoms with Crippen molar-refractivity contribution in [3.63, 3.8) is 0 Å². The Balaban J connectivity index is 1.86. The number of nitrogens with zero attached hydrogens (tertiary/aromatic N) is 1. The van der Waals surface area contributed by atoms with Gasteiger partial charge in [0.25, 0.3) is 5.91 Å². The summed E-state index contributed by atoms with van der Waals surface area (Å²) in [5.74, 6) is 0.382. The van der Waals surface area contributed by atoms with Gasteiger partial charge in [-0.15, -0.1) is 0 Å². The summed E-state index contributed by atoms with van der Waals surface area (Å²) in [6.07, 6.45) is 1.49. The first-order chi connectivity index (χ1) is 11.1. The van der Waals surface area contributed by atoms with Crippen LogP contribution in [0.2, 0.25) is 5.02 Å². The fourth-order valence-electron chi connectivity index (χ4n) is 1.87. The largest absolute Gasteiger partial charge is 0.496 e. The summed E-state index contributed by atoms with van der Waals surface area (Å²) in [5.41, 5.74) is 5.19. The number of anilines is 1. The minimum Gasteiger partial charge on any atom is -0.496 e. The number of aryl methyl sites for hydroxylation is 1. The van der Waals surface area contributed by atoms with E-state index < -0.39 is 0 Å². The molecule has 1 amide bonds. The standard InChI is InChI=1S/C17H18ClN3O2/c1-12-3-6-15(7-4-12)19-11-17(22)21-20-10-13-9-14(18)5-8-16(13)23-2/h3-10,19H,11H2,1-2H3,(H,21,22)/b20-10+. The molecule has 0 radical (unpaired) electrons. The van der Waals surface area contributed by atoms with Gasteiger partial charge in [-0.3, -0.25) is 4.79 Å². The number of nitrogens with one attached hydrogen (secondary N) is 2. The lowest BCUT2D eigenvalue weighted by Gasteiger charge is -2.06. The topological polar surface area (TPSA) is 62.7 Å². The van der Waals surface area contributed by atoms with E-state index in [1.165, 1.54) is 11.8 Å². The molecule has 2 aromatic carbocycles. The second kappa shape index (κ2) is 8.19. The van der Waals surface area contributed by atoms with Gasteiger partial charge in [0.1, 0.15) is 5.75 Å². The maximum atomic E-state index is 11.8. The molecule has 0 aliphatic rings. The molecule has 0 saturated heterocycles. The molecule has 0 heterocycles. The zero-order chi connectivity index (χ0) is 16.7. The highest BCUT2D eigenvalue weighted by atomic mass is 35.5. The van der Waals surface area contributed by atoms with Crippen LogP contribution in [0.25, 0.3) is 0 Å². The molecule has 2 rings (SSSR count). The van der Waals surface area contributed by atoms with Crippen molar-refractivity contribution in [2.75, 3.05) is 19.0 Å². The fraction of sp³-hybridized carbons (Fsp3) is 0.176. The van der Waals surface area contributed by atoms with Crippen molar-refractivity contribution < 1.29 is 9.53 Å². The van der Waals surface area contributed by atoms with E-state index in [-0.39, 0.29) is 12.5 Å². The zero-order valence-electron chi connectivity index (χ0n) is 13.0. The molecule has 0 aliphatic carbocycles. The third-order valence-electron chi connectivity index (χ3n) is 3.09. The molecule has 0 unspecified atom stereocenters. The summed E-state index contributed by atoms with van der Waals surface area (Å²) in [6, 6.07) is 13.0. The molecule has 0 fully saturated rings. The van der Waals surface area contributed by atoms with E-state index in [1.807, 2.05) is 31.2 Å². The Morgan fingerprint density at radius 3 is 2.70 bits per heavy atom. The van der Waals surface area contributed by atoms with E-state index in [1.54, 1.807) is 25.3 Å². The molecule has 0 saturated carbocycles. The van der Waals surface area contributed by atoms with Gasteiger partial charge in [-0.25, -0.2) is 5.43 Å². The summed E-state index contributed by atoms with van der Waals surface area (Å²) in [7, 11) is 1.56. The highest BCUT2D eigenvalue weighted by Crippen LogP contribution is 2.20. The summed E-state index contributed by atoms with van der Waals surface area (Å²) in [5, 5.41) is 7.50. The van der Waals surface area contributed by atoms with Crippen LogP contribution in [0.15, 0.2) is 47.6 Å². The third kappa shape index (κ3) is 5.30. The van der Waals surface area contributed by atoms with Crippen LogP contribution in [0.4, 0.5) is 5.69 Å². The van der Waals surface area contributed by atoms with Crippen LogP contribution in [0, 0.1) is 6.92 Å². The minimum absolute atomic E-state index is 0.132. The van der Waals surface area contributed by atoms with E-state index in [9.17, 15) is 4.79 Å². The highest BCUT2D eigenvalue weighted by Gasteiger charge is 2.02. The van der Waals surface area contributed by atoms with E-state index in [0.717, 1.165) is 5.69 Å². The zero-order valence-corrected chi connectivity index (χ0v) is 13.7. The van der Waals surface area contributed by atoms with Gasteiger partial charge in [-0.05, 0) is 37.3 Å². The molecule has 2 aromatic rings. The number of carbonyl (C=O) groups is 1. The molecule has 0 atom stereocenters. The second-order valence-electron chi connectivity index (χ2n) is 4.90. The first-order valence-corrected chi connectivity index (χ1v) is 7.42. The monoisotopic (exact) mass is 331 g/mol. The Morgan fingerprint density at radius 1 is 1.26 bits per heavy atom. The van der Waals surface area contributed by atoms with Crippen molar-refractivity contribution in [2.45, 2.75) is 6.92 Å². The van der Waals surface area contributed by atoms with Gasteiger partial charge in [0, 0.05) is 16.3 Å². The first-order valence-electron chi connectivity index (χ1n) is 7.04. The third-order valence-corrected chi connectivity index (χ3v) is 3.32. The van der Waals surface area contributed by atoms with Crippen LogP contribution >= 0.6 is 11.6 Å². The molecule has 0 aromatic heterocycles. The summed E-state index contributed by atoms with van der Waals surface area (Å²) in [4.78, 5) is 11.8. The number of methoxy groups -OCH3 is 1. The van der Waals surface area contributed by atoms with Crippen molar-refractivity contribution >= 4 is 29.4 Å². The van der Waals surface area contributed by atoms with E-state index >= 15 is 0 Å². The van der Waals surface area contributed by atoms with E-state index in [0.29, 0.717) is 16.3 Å². The Labute approximate surface area is 140 Å². The van der Waals surface area contributed by atoms with Crippen LogP contribution in [-0.2, 0) is 4.79 Å². The predicted molar refractivity (Wildman–Crippen MR) is 93.4 cm³/mol. The van der Waals surface area contributed by atoms with Crippen LogP contribution in [0.3, 0.4) is 0 Å². The Hall–Kier alpha value is -2.53. The van der Waals surface area contributed by atoms with Crippen molar-refractivity contribution in [1.82, 2.24) is 5.43 Å². The summed E-state index contributed by atoms with van der Waals surface area (Å²) in [6.45, 7) is 2.14. The quantitative estimate of drug-likeness (QED) is 0.631. The van der Waals surface area contributed by atoms with Crippen molar-refractivity contribution in [1.29, 1.82) is 0 Å². The molecule has 120 valence electrons. The van der Waals surface area contributed by atoms with E-state index in [2.05, 4.69) is 15.8 Å². The lowest BCUT2D eigenvalue weighted by molar-refractivity contribution is -0.119. The number of hydrogen-bond acceptors (Lipinski definition) is 4. The number of hydrazone groups is 1. The first kappa shape index (κ1) is 16.8. The molecule has 0 aliphatic heterocycles. The Bertz CT molecular complexity index is 699. The van der Waals surface area contributed by atoms with Gasteiger partial charge in [0.15, 0.2) is 0 Å². The lowest BCUT2D eigenvalue weighted by Crippen LogP contribution is -2.25. The normalized spacial score (nSPS) is 10.6. The van der Waals surface area contributed by atoms with Crippen molar-refractivity contribution in [3.05, 3.63) is 58.6 Å². The number of carbonyl (C=O) groups excluding carboxylic acids is 1. The van der Waals surface area contributed by atoms with E-state index in [4.69, 9.17) is 16.3 Å². The molecule has 0 spiro atoms. The molecule has 2 N–H and O–H groups in total. The molecule has 0 bridgehead atoms. The molecular weight excluding hydrogens is 314 g/mol. The molecule has 6 heteroatoms. The Kier molecular flexibility index (Phi) is 6.00. The van der Waals surface area contributed by atoms with Crippen molar-refractivity contribution in [2.24, 2.45) is 5.10 Å². The predicted octanol–water partition coefficient (Wildman–Crippen LogP) is 3.22. The number of hydrogen-bond donors (Lipinski definition) is 2. The maximum Gasteiger partial charge on any atom is 0.259 e. The van der Waals surface area contributed by atoms with Crippen LogP contribution in [0.1, 0.15) is 11.1 Å². The lowest BCUT2D eigenvalue weighted by atomic mass is 10.2. The Morgan fingerprint density at radius 2 is 2.00 bits per heavy atom. The maximum absolute atomic E-state index is 11.8. The average Bonchev–Trinajstić information content (AvgIpc) is 2.54. The van der Waals surface area contributed by atoms with Crippen LogP contribution in [-0.4, -0.2) is 25.8 Å². The van der Waals surface area contributed by atoms with Crippen molar-refractivity contribution in [3.8, 4) is 5.75 Å². The molecule has 23 heavy (non-hydrogen) atoms. The number of benzene rings is 2. The van der Waals surface area contributed by atoms with Crippen LogP contribution < -0.4 is 15.5 Å². The van der Waals surface area contributed by atoms with Gasteiger partial charge in [0.2, 0.25) is 0 Å². The molecule has 5 nitrogen and oxygen atoms in total. The van der Waals surface area contributed by atoms with Gasteiger partial charge < -0.3 is 10.1 Å². The second-order valence-corrected chi connectivity index (χ2v) is 5.34.